The summed E-state index contributed by atoms with van der Waals surface area (Å²) in [4.78, 5) is 10.7. The van der Waals surface area contributed by atoms with Gasteiger partial charge in [-0.15, -0.1) is 0 Å². The third-order valence-corrected chi connectivity index (χ3v) is 3.64. The summed E-state index contributed by atoms with van der Waals surface area (Å²) in [5.41, 5.74) is 0. The lowest BCUT2D eigenvalue weighted by molar-refractivity contribution is 0.198. The Labute approximate surface area is 107 Å². The van der Waals surface area contributed by atoms with Gasteiger partial charge in [0, 0.05) is 18.9 Å². The number of rotatable bonds is 4. The highest BCUT2D eigenvalue weighted by Gasteiger charge is 2.18. The maximum atomic E-state index is 5.94. The molecule has 2 rings (SSSR count). The predicted molar refractivity (Wildman–Crippen MR) is 70.4 cm³/mol. The van der Waals surface area contributed by atoms with Gasteiger partial charge in [0.25, 0.3) is 0 Å². The van der Waals surface area contributed by atoms with Crippen molar-refractivity contribution in [3.8, 4) is 0 Å². The van der Waals surface area contributed by atoms with Crippen molar-refractivity contribution in [1.82, 2.24) is 14.9 Å². The van der Waals surface area contributed by atoms with Crippen LogP contribution in [0.2, 0.25) is 5.15 Å². The summed E-state index contributed by atoms with van der Waals surface area (Å²) in [6.07, 6.45) is 5.76. The molecule has 2 heterocycles. The first-order chi connectivity index (χ1) is 8.29. The van der Waals surface area contributed by atoms with Crippen LogP contribution in [0.15, 0.2) is 12.4 Å². The molecule has 0 saturated carbocycles. The zero-order chi connectivity index (χ0) is 12.1. The smallest absolute Gasteiger partial charge is 0.171 e. The molecule has 0 aromatic carbocycles. The van der Waals surface area contributed by atoms with E-state index in [0.717, 1.165) is 19.0 Å². The zero-order valence-corrected chi connectivity index (χ0v) is 11.0. The average molecular weight is 255 g/mol. The minimum Gasteiger partial charge on any atom is -0.367 e. The maximum absolute atomic E-state index is 5.94. The summed E-state index contributed by atoms with van der Waals surface area (Å²) < 4.78 is 0. The van der Waals surface area contributed by atoms with E-state index in [1.165, 1.54) is 25.9 Å². The van der Waals surface area contributed by atoms with Gasteiger partial charge in [0.2, 0.25) is 0 Å². The minimum atomic E-state index is 0.457. The standard InChI is InChI=1S/C12H19ClN4/c1-2-17-7-3-10(4-8-17)9-16-12-11(13)14-5-6-15-12/h5-6,10H,2-4,7-9H2,1H3,(H,15,16). The van der Waals surface area contributed by atoms with Gasteiger partial charge in [0.05, 0.1) is 0 Å². The number of halogens is 1. The predicted octanol–water partition coefficient (Wildman–Crippen LogP) is 2.27. The topological polar surface area (TPSA) is 41.0 Å². The van der Waals surface area contributed by atoms with E-state index in [-0.39, 0.29) is 0 Å². The number of hydrogen-bond donors (Lipinski definition) is 1. The zero-order valence-electron chi connectivity index (χ0n) is 10.2. The van der Waals surface area contributed by atoms with Crippen LogP contribution in [0.3, 0.4) is 0 Å². The molecule has 0 aliphatic carbocycles. The van der Waals surface area contributed by atoms with E-state index in [2.05, 4.69) is 27.1 Å². The molecule has 1 aromatic heterocycles. The molecule has 1 fully saturated rings. The van der Waals surface area contributed by atoms with Crippen LogP contribution in [0.5, 0.6) is 0 Å². The maximum Gasteiger partial charge on any atom is 0.171 e. The molecule has 1 aliphatic rings. The molecule has 1 aromatic rings. The lowest BCUT2D eigenvalue weighted by atomic mass is 9.97. The summed E-state index contributed by atoms with van der Waals surface area (Å²) >= 11 is 5.94. The Bertz CT molecular complexity index is 350. The van der Waals surface area contributed by atoms with E-state index < -0.39 is 0 Å². The molecular formula is C12H19ClN4. The number of nitrogens with zero attached hydrogens (tertiary/aromatic N) is 3. The van der Waals surface area contributed by atoms with Crippen LogP contribution in [-0.2, 0) is 0 Å². The van der Waals surface area contributed by atoms with Gasteiger partial charge in [0.15, 0.2) is 11.0 Å². The van der Waals surface area contributed by atoms with Crippen molar-refractivity contribution in [2.45, 2.75) is 19.8 Å². The number of aromatic nitrogens is 2. The number of anilines is 1. The molecule has 1 N–H and O–H groups in total. The second kappa shape index (κ2) is 6.17. The Morgan fingerprint density at radius 3 is 2.71 bits per heavy atom. The number of hydrogen-bond acceptors (Lipinski definition) is 4. The Balaban J connectivity index is 1.78. The number of nitrogens with one attached hydrogen (secondary N) is 1. The number of piperidine rings is 1. The summed E-state index contributed by atoms with van der Waals surface area (Å²) in [7, 11) is 0. The molecule has 0 unspecified atom stereocenters. The lowest BCUT2D eigenvalue weighted by Crippen LogP contribution is -2.35. The van der Waals surface area contributed by atoms with E-state index in [9.17, 15) is 0 Å². The average Bonchev–Trinajstić information content (AvgIpc) is 2.38. The fourth-order valence-electron chi connectivity index (χ4n) is 2.19. The molecule has 1 aliphatic heterocycles. The van der Waals surface area contributed by atoms with E-state index in [1.54, 1.807) is 12.4 Å². The number of likely N-dealkylation sites (tertiary alicyclic amines) is 1. The Morgan fingerprint density at radius 2 is 2.06 bits per heavy atom. The minimum absolute atomic E-state index is 0.457. The SMILES string of the molecule is CCN1CCC(CNc2nccnc2Cl)CC1. The molecule has 0 atom stereocenters. The van der Waals surface area contributed by atoms with Crippen LogP contribution < -0.4 is 5.32 Å². The Kier molecular flexibility index (Phi) is 4.57. The fourth-order valence-corrected chi connectivity index (χ4v) is 2.36. The van der Waals surface area contributed by atoms with Crippen molar-refractivity contribution < 1.29 is 0 Å². The molecule has 0 spiro atoms. The molecule has 4 nitrogen and oxygen atoms in total. The van der Waals surface area contributed by atoms with Crippen LogP contribution in [0.4, 0.5) is 5.82 Å². The highest BCUT2D eigenvalue weighted by atomic mass is 35.5. The summed E-state index contributed by atoms with van der Waals surface area (Å²) in [5.74, 6) is 1.42. The van der Waals surface area contributed by atoms with Gasteiger partial charge in [-0.1, -0.05) is 18.5 Å². The lowest BCUT2D eigenvalue weighted by Gasteiger charge is -2.31. The Morgan fingerprint density at radius 1 is 1.35 bits per heavy atom. The van der Waals surface area contributed by atoms with Crippen LogP contribution >= 0.6 is 11.6 Å². The van der Waals surface area contributed by atoms with Gasteiger partial charge in [0.1, 0.15) is 0 Å². The Hall–Kier alpha value is -0.870. The monoisotopic (exact) mass is 254 g/mol. The van der Waals surface area contributed by atoms with Crippen LogP contribution in [0.25, 0.3) is 0 Å². The van der Waals surface area contributed by atoms with Gasteiger partial charge in [-0.2, -0.15) is 0 Å². The fraction of sp³-hybridized carbons (Fsp3) is 0.667. The molecule has 0 amide bonds. The normalized spacial score (nSPS) is 18.2. The first-order valence-electron chi connectivity index (χ1n) is 6.22. The van der Waals surface area contributed by atoms with Crippen LogP contribution in [0.1, 0.15) is 19.8 Å². The third-order valence-electron chi connectivity index (χ3n) is 3.37. The van der Waals surface area contributed by atoms with Crippen molar-refractivity contribution in [2.24, 2.45) is 5.92 Å². The van der Waals surface area contributed by atoms with Gasteiger partial charge in [-0.05, 0) is 38.4 Å². The van der Waals surface area contributed by atoms with Crippen molar-refractivity contribution >= 4 is 17.4 Å². The van der Waals surface area contributed by atoms with Gasteiger partial charge >= 0.3 is 0 Å². The summed E-state index contributed by atoms with van der Waals surface area (Å²) in [6.45, 7) is 6.73. The van der Waals surface area contributed by atoms with Crippen molar-refractivity contribution in [2.75, 3.05) is 31.5 Å². The quantitative estimate of drug-likeness (QED) is 0.895. The van der Waals surface area contributed by atoms with Crippen molar-refractivity contribution in [3.05, 3.63) is 17.5 Å². The van der Waals surface area contributed by atoms with Gasteiger partial charge in [-0.3, -0.25) is 0 Å². The second-order valence-electron chi connectivity index (χ2n) is 4.45. The first kappa shape index (κ1) is 12.6. The van der Waals surface area contributed by atoms with Crippen LogP contribution in [-0.4, -0.2) is 41.0 Å². The summed E-state index contributed by atoms with van der Waals surface area (Å²) in [5, 5.41) is 3.75. The van der Waals surface area contributed by atoms with Crippen LogP contribution in [0, 0.1) is 5.92 Å². The van der Waals surface area contributed by atoms with Crippen molar-refractivity contribution in [3.63, 3.8) is 0 Å². The molecular weight excluding hydrogens is 236 g/mol. The highest BCUT2D eigenvalue weighted by molar-refractivity contribution is 6.31. The van der Waals surface area contributed by atoms with E-state index in [1.807, 2.05) is 0 Å². The van der Waals surface area contributed by atoms with E-state index in [4.69, 9.17) is 11.6 Å². The van der Waals surface area contributed by atoms with Gasteiger partial charge in [-0.25, -0.2) is 9.97 Å². The van der Waals surface area contributed by atoms with E-state index in [0.29, 0.717) is 11.0 Å². The van der Waals surface area contributed by atoms with Crippen molar-refractivity contribution in [1.29, 1.82) is 0 Å². The third kappa shape index (κ3) is 3.54. The van der Waals surface area contributed by atoms with Gasteiger partial charge < -0.3 is 10.2 Å². The second-order valence-corrected chi connectivity index (χ2v) is 4.81. The molecule has 17 heavy (non-hydrogen) atoms. The molecule has 5 heteroatoms. The molecule has 1 saturated heterocycles. The first-order valence-corrected chi connectivity index (χ1v) is 6.60. The van der Waals surface area contributed by atoms with E-state index >= 15 is 0 Å². The molecule has 0 bridgehead atoms. The molecule has 94 valence electrons. The molecule has 0 radical (unpaired) electrons. The highest BCUT2D eigenvalue weighted by Crippen LogP contribution is 2.19. The largest absolute Gasteiger partial charge is 0.367 e. The summed E-state index contributed by atoms with van der Waals surface area (Å²) in [6, 6.07) is 0.